The van der Waals surface area contributed by atoms with Crippen LogP contribution in [0.4, 0.5) is 0 Å². The topological polar surface area (TPSA) is 77.6 Å². The summed E-state index contributed by atoms with van der Waals surface area (Å²) in [7, 11) is 1.74. The van der Waals surface area contributed by atoms with Crippen molar-refractivity contribution >= 4 is 17.2 Å². The SMILES string of the molecule is Cn1cc(C(=O)NCCn2nc(-c3ccsc3)cc2C2CC2)nn1. The number of rotatable bonds is 6. The van der Waals surface area contributed by atoms with Crippen molar-refractivity contribution in [3.8, 4) is 11.3 Å². The van der Waals surface area contributed by atoms with Crippen LogP contribution in [0.2, 0.25) is 0 Å². The van der Waals surface area contributed by atoms with Gasteiger partial charge in [-0.05, 0) is 30.4 Å². The molecule has 1 amide bonds. The molecule has 0 aromatic carbocycles. The summed E-state index contributed by atoms with van der Waals surface area (Å²) in [6.45, 7) is 1.17. The van der Waals surface area contributed by atoms with Crippen molar-refractivity contribution in [2.24, 2.45) is 7.05 Å². The highest BCUT2D eigenvalue weighted by atomic mass is 32.1. The van der Waals surface area contributed by atoms with Crippen LogP contribution in [0.25, 0.3) is 11.3 Å². The van der Waals surface area contributed by atoms with Gasteiger partial charge in [0.25, 0.3) is 5.91 Å². The Morgan fingerprint density at radius 3 is 3.00 bits per heavy atom. The summed E-state index contributed by atoms with van der Waals surface area (Å²) >= 11 is 1.67. The molecule has 3 aromatic heterocycles. The molecule has 7 nitrogen and oxygen atoms in total. The van der Waals surface area contributed by atoms with Crippen LogP contribution < -0.4 is 5.32 Å². The molecule has 1 aliphatic carbocycles. The third-order valence-electron chi connectivity index (χ3n) is 4.07. The van der Waals surface area contributed by atoms with Gasteiger partial charge in [-0.1, -0.05) is 5.21 Å². The van der Waals surface area contributed by atoms with E-state index in [4.69, 9.17) is 5.10 Å². The molecule has 1 aliphatic rings. The predicted octanol–water partition coefficient (Wildman–Crippen LogP) is 2.05. The molecule has 0 spiro atoms. The summed E-state index contributed by atoms with van der Waals surface area (Å²) in [5.74, 6) is 0.405. The van der Waals surface area contributed by atoms with Crippen LogP contribution in [0.5, 0.6) is 0 Å². The first-order valence-electron chi connectivity index (χ1n) is 7.95. The Bertz CT molecular complexity index is 846. The third kappa shape index (κ3) is 3.09. The van der Waals surface area contributed by atoms with Crippen LogP contribution in [0.15, 0.2) is 29.1 Å². The molecule has 0 aliphatic heterocycles. The summed E-state index contributed by atoms with van der Waals surface area (Å²) in [5, 5.41) is 19.4. The first-order valence-corrected chi connectivity index (χ1v) is 8.90. The van der Waals surface area contributed by atoms with Crippen LogP contribution in [0.3, 0.4) is 0 Å². The highest BCUT2D eigenvalue weighted by Crippen LogP contribution is 2.41. The zero-order valence-electron chi connectivity index (χ0n) is 13.3. The zero-order valence-corrected chi connectivity index (χ0v) is 14.2. The van der Waals surface area contributed by atoms with Gasteiger partial charge in [-0.25, -0.2) is 0 Å². The molecule has 4 rings (SSSR count). The Labute approximate surface area is 143 Å². The average Bonchev–Trinajstić information content (AvgIpc) is 2.99. The molecule has 1 N–H and O–H groups in total. The van der Waals surface area contributed by atoms with E-state index in [2.05, 4.69) is 38.5 Å². The fraction of sp³-hybridized carbons (Fsp3) is 0.375. The van der Waals surface area contributed by atoms with Crippen molar-refractivity contribution in [2.45, 2.75) is 25.3 Å². The minimum atomic E-state index is -0.207. The van der Waals surface area contributed by atoms with E-state index in [9.17, 15) is 4.79 Å². The number of amides is 1. The van der Waals surface area contributed by atoms with E-state index in [1.54, 1.807) is 24.6 Å². The van der Waals surface area contributed by atoms with Gasteiger partial charge in [0.05, 0.1) is 18.4 Å². The number of hydrogen-bond donors (Lipinski definition) is 1. The number of carbonyl (C=O) groups excluding carboxylic acids is 1. The number of hydrogen-bond acceptors (Lipinski definition) is 5. The number of nitrogens with zero attached hydrogens (tertiary/aromatic N) is 5. The fourth-order valence-corrected chi connectivity index (χ4v) is 3.34. The van der Waals surface area contributed by atoms with Crippen molar-refractivity contribution in [1.29, 1.82) is 0 Å². The molecule has 0 bridgehead atoms. The van der Waals surface area contributed by atoms with Crippen molar-refractivity contribution < 1.29 is 4.79 Å². The van der Waals surface area contributed by atoms with Gasteiger partial charge in [-0.3, -0.25) is 14.2 Å². The van der Waals surface area contributed by atoms with Crippen LogP contribution in [-0.4, -0.2) is 37.2 Å². The second-order valence-corrected chi connectivity index (χ2v) is 6.78. The van der Waals surface area contributed by atoms with E-state index < -0.39 is 0 Å². The standard InChI is InChI=1S/C16H18N6OS/c1-21-9-14(18-20-21)16(23)17-5-6-22-15(11-2-3-11)8-13(19-22)12-4-7-24-10-12/h4,7-11H,2-3,5-6H2,1H3,(H,17,23). The molecule has 0 unspecified atom stereocenters. The van der Waals surface area contributed by atoms with Crippen molar-refractivity contribution in [3.05, 3.63) is 40.5 Å². The minimum absolute atomic E-state index is 0.207. The molecule has 0 radical (unpaired) electrons. The summed E-state index contributed by atoms with van der Waals surface area (Å²) in [4.78, 5) is 12.0. The first-order chi connectivity index (χ1) is 11.7. The Kier molecular flexibility index (Phi) is 3.89. The zero-order chi connectivity index (χ0) is 16.5. The van der Waals surface area contributed by atoms with Crippen LogP contribution in [0, 0.1) is 0 Å². The van der Waals surface area contributed by atoms with Gasteiger partial charge in [0.1, 0.15) is 0 Å². The Balaban J connectivity index is 1.43. The normalized spacial score (nSPS) is 14.0. The minimum Gasteiger partial charge on any atom is -0.349 e. The van der Waals surface area contributed by atoms with Crippen molar-refractivity contribution in [2.75, 3.05) is 6.54 Å². The van der Waals surface area contributed by atoms with Crippen molar-refractivity contribution in [3.63, 3.8) is 0 Å². The average molecular weight is 342 g/mol. The smallest absolute Gasteiger partial charge is 0.273 e. The third-order valence-corrected chi connectivity index (χ3v) is 4.75. The van der Waals surface area contributed by atoms with Gasteiger partial charge < -0.3 is 5.32 Å². The number of aryl methyl sites for hydroxylation is 1. The maximum Gasteiger partial charge on any atom is 0.273 e. The Morgan fingerprint density at radius 1 is 1.46 bits per heavy atom. The van der Waals surface area contributed by atoms with E-state index in [0.29, 0.717) is 24.7 Å². The number of thiophene rings is 1. The van der Waals surface area contributed by atoms with E-state index in [-0.39, 0.29) is 5.91 Å². The predicted molar refractivity (Wildman–Crippen MR) is 90.9 cm³/mol. The fourth-order valence-electron chi connectivity index (χ4n) is 2.69. The highest BCUT2D eigenvalue weighted by molar-refractivity contribution is 7.08. The molecule has 3 heterocycles. The van der Waals surface area contributed by atoms with Gasteiger partial charge in [0, 0.05) is 36.1 Å². The molecule has 1 fully saturated rings. The van der Waals surface area contributed by atoms with E-state index in [1.807, 2.05) is 4.68 Å². The molecule has 8 heteroatoms. The number of aromatic nitrogens is 5. The summed E-state index contributed by atoms with van der Waals surface area (Å²) in [6, 6.07) is 4.27. The highest BCUT2D eigenvalue weighted by Gasteiger charge is 2.28. The summed E-state index contributed by atoms with van der Waals surface area (Å²) < 4.78 is 3.54. The summed E-state index contributed by atoms with van der Waals surface area (Å²) in [6.07, 6.45) is 4.05. The molecule has 1 saturated carbocycles. The van der Waals surface area contributed by atoms with Gasteiger partial charge in [-0.2, -0.15) is 16.4 Å². The maximum atomic E-state index is 12.0. The Morgan fingerprint density at radius 2 is 2.33 bits per heavy atom. The van der Waals surface area contributed by atoms with Crippen LogP contribution >= 0.6 is 11.3 Å². The second kappa shape index (κ2) is 6.20. The monoisotopic (exact) mass is 342 g/mol. The lowest BCUT2D eigenvalue weighted by Gasteiger charge is -2.07. The maximum absolute atomic E-state index is 12.0. The van der Waals surface area contributed by atoms with E-state index >= 15 is 0 Å². The Hall–Kier alpha value is -2.48. The lowest BCUT2D eigenvalue weighted by molar-refractivity contribution is 0.0946. The van der Waals surface area contributed by atoms with Gasteiger partial charge in [0.15, 0.2) is 5.69 Å². The molecular weight excluding hydrogens is 324 g/mol. The largest absolute Gasteiger partial charge is 0.349 e. The quantitative estimate of drug-likeness (QED) is 0.744. The second-order valence-electron chi connectivity index (χ2n) is 6.00. The molecule has 124 valence electrons. The van der Waals surface area contributed by atoms with Gasteiger partial charge in [-0.15, -0.1) is 5.10 Å². The van der Waals surface area contributed by atoms with Gasteiger partial charge >= 0.3 is 0 Å². The molecule has 3 aromatic rings. The van der Waals surface area contributed by atoms with Gasteiger partial charge in [0.2, 0.25) is 0 Å². The summed E-state index contributed by atoms with van der Waals surface area (Å²) in [5.41, 5.74) is 3.77. The molecular formula is C16H18N6OS. The van der Waals surface area contributed by atoms with Crippen LogP contribution in [0.1, 0.15) is 34.9 Å². The molecule has 24 heavy (non-hydrogen) atoms. The number of carbonyl (C=O) groups is 1. The van der Waals surface area contributed by atoms with Crippen LogP contribution in [-0.2, 0) is 13.6 Å². The first kappa shape index (κ1) is 15.1. The van der Waals surface area contributed by atoms with E-state index in [0.717, 1.165) is 11.3 Å². The lowest BCUT2D eigenvalue weighted by atomic mass is 10.2. The molecule has 0 saturated heterocycles. The molecule has 0 atom stereocenters. The van der Waals surface area contributed by atoms with Crippen molar-refractivity contribution in [1.82, 2.24) is 30.1 Å². The van der Waals surface area contributed by atoms with E-state index in [1.165, 1.54) is 23.2 Å². The lowest BCUT2D eigenvalue weighted by Crippen LogP contribution is -2.28. The number of nitrogens with one attached hydrogen (secondary N) is 1.